The van der Waals surface area contributed by atoms with Crippen molar-refractivity contribution in [2.45, 2.75) is 76.9 Å². The van der Waals surface area contributed by atoms with Gasteiger partial charge in [0.15, 0.2) is 0 Å². The molecule has 0 bridgehead atoms. The SMILES string of the molecule is C[C@@H]1OCc2c1c(N)nc1ccc(C(=O)N(Cc3ccc(C(F)(F)F)cn3)[C@H]3CC34CCCCC4)cc21. The molecule has 3 aliphatic rings. The monoisotopic (exact) mass is 510 g/mol. The van der Waals surface area contributed by atoms with Gasteiger partial charge in [0.1, 0.15) is 5.82 Å². The number of nitrogens with zero attached hydrogens (tertiary/aromatic N) is 3. The zero-order valence-electron chi connectivity index (χ0n) is 20.6. The normalized spacial score (nSPS) is 22.3. The minimum Gasteiger partial charge on any atom is -0.383 e. The third kappa shape index (κ3) is 4.23. The second kappa shape index (κ2) is 8.68. The van der Waals surface area contributed by atoms with Crippen LogP contribution in [0, 0.1) is 5.41 Å². The molecule has 6 nitrogen and oxygen atoms in total. The lowest BCUT2D eigenvalue weighted by Gasteiger charge is -2.29. The highest BCUT2D eigenvalue weighted by Gasteiger charge is 2.57. The number of rotatable bonds is 4. The number of alkyl halides is 3. The van der Waals surface area contributed by atoms with Gasteiger partial charge in [-0.15, -0.1) is 0 Å². The van der Waals surface area contributed by atoms with Crippen LogP contribution in [0.2, 0.25) is 0 Å². The second-order valence-corrected chi connectivity index (χ2v) is 10.7. The van der Waals surface area contributed by atoms with Crippen molar-refractivity contribution in [2.75, 3.05) is 5.73 Å². The maximum atomic E-state index is 14.0. The smallest absolute Gasteiger partial charge is 0.383 e. The Balaban J connectivity index is 1.35. The van der Waals surface area contributed by atoms with Gasteiger partial charge < -0.3 is 15.4 Å². The van der Waals surface area contributed by atoms with Crippen LogP contribution in [0.5, 0.6) is 0 Å². The molecule has 3 aromatic rings. The zero-order chi connectivity index (χ0) is 25.9. The molecule has 1 aromatic carbocycles. The number of benzene rings is 1. The molecule has 37 heavy (non-hydrogen) atoms. The van der Waals surface area contributed by atoms with E-state index in [1.165, 1.54) is 12.5 Å². The molecule has 2 saturated carbocycles. The summed E-state index contributed by atoms with van der Waals surface area (Å²) >= 11 is 0. The van der Waals surface area contributed by atoms with E-state index in [-0.39, 0.29) is 30.0 Å². The largest absolute Gasteiger partial charge is 0.417 e. The van der Waals surface area contributed by atoms with Crippen molar-refractivity contribution in [1.29, 1.82) is 0 Å². The van der Waals surface area contributed by atoms with E-state index in [0.717, 1.165) is 60.9 Å². The Bertz CT molecular complexity index is 1370. The van der Waals surface area contributed by atoms with Crippen LogP contribution in [0.15, 0.2) is 36.5 Å². The van der Waals surface area contributed by atoms with E-state index in [1.54, 1.807) is 12.1 Å². The fourth-order valence-electron chi connectivity index (χ4n) is 6.31. The molecule has 0 radical (unpaired) electrons. The molecule has 3 heterocycles. The van der Waals surface area contributed by atoms with Crippen molar-refractivity contribution in [3.63, 3.8) is 0 Å². The average molecular weight is 511 g/mol. The summed E-state index contributed by atoms with van der Waals surface area (Å²) in [5.74, 6) is 0.299. The van der Waals surface area contributed by atoms with Gasteiger partial charge in [0.25, 0.3) is 5.91 Å². The molecule has 6 rings (SSSR count). The van der Waals surface area contributed by atoms with Crippen molar-refractivity contribution < 1.29 is 22.7 Å². The predicted molar refractivity (Wildman–Crippen MR) is 132 cm³/mol. The summed E-state index contributed by atoms with van der Waals surface area (Å²) in [5, 5.41) is 0.843. The van der Waals surface area contributed by atoms with Gasteiger partial charge in [0.2, 0.25) is 0 Å². The van der Waals surface area contributed by atoms with Gasteiger partial charge >= 0.3 is 6.18 Å². The Morgan fingerprint density at radius 2 is 1.97 bits per heavy atom. The number of nitrogens with two attached hydrogens (primary N) is 1. The average Bonchev–Trinajstić information content (AvgIpc) is 3.39. The van der Waals surface area contributed by atoms with Crippen molar-refractivity contribution in [3.8, 4) is 0 Å². The number of hydrogen-bond donors (Lipinski definition) is 1. The van der Waals surface area contributed by atoms with E-state index in [0.29, 0.717) is 29.2 Å². The fraction of sp³-hybridized carbons (Fsp3) is 0.464. The van der Waals surface area contributed by atoms with Crippen LogP contribution in [0.25, 0.3) is 10.9 Å². The van der Waals surface area contributed by atoms with Gasteiger partial charge in [-0.3, -0.25) is 9.78 Å². The first kappa shape index (κ1) is 24.2. The molecule has 1 aliphatic heterocycles. The Labute approximate surface area is 213 Å². The van der Waals surface area contributed by atoms with Crippen LogP contribution in [-0.4, -0.2) is 26.8 Å². The molecule has 2 fully saturated rings. The quantitative estimate of drug-likeness (QED) is 0.453. The standard InChI is InChI=1S/C28H29F3N4O2/c1-16-24-21(15-37-16)20-11-17(5-8-22(20)34-25(24)32)26(36)35(23-12-27(23)9-3-2-4-10-27)14-19-7-6-18(13-33-19)28(29,30)31/h5-8,11,13,16,23H,2-4,9-10,12,14-15H2,1H3,(H2,32,34)/t16-,23-/m0/s1. The van der Waals surface area contributed by atoms with Gasteiger partial charge in [-0.2, -0.15) is 13.2 Å². The van der Waals surface area contributed by atoms with E-state index < -0.39 is 11.7 Å². The summed E-state index contributed by atoms with van der Waals surface area (Å²) in [5.41, 5.74) is 8.98. The van der Waals surface area contributed by atoms with Crippen LogP contribution >= 0.6 is 0 Å². The number of fused-ring (bicyclic) bond motifs is 3. The summed E-state index contributed by atoms with van der Waals surface area (Å²) in [6, 6.07) is 7.88. The van der Waals surface area contributed by atoms with Crippen molar-refractivity contribution >= 4 is 22.6 Å². The number of halogens is 3. The number of carbonyl (C=O) groups excluding carboxylic acids is 1. The molecule has 2 aromatic heterocycles. The molecule has 2 aliphatic carbocycles. The third-order valence-corrected chi connectivity index (χ3v) is 8.41. The van der Waals surface area contributed by atoms with Crippen LogP contribution < -0.4 is 5.73 Å². The van der Waals surface area contributed by atoms with Crippen LogP contribution in [0.1, 0.15) is 84.3 Å². The Morgan fingerprint density at radius 3 is 2.68 bits per heavy atom. The lowest BCUT2D eigenvalue weighted by atomic mass is 9.85. The molecule has 0 unspecified atom stereocenters. The minimum atomic E-state index is -4.45. The number of nitrogen functional groups attached to an aromatic ring is 1. The Hall–Kier alpha value is -3.20. The maximum Gasteiger partial charge on any atom is 0.417 e. The first-order valence-corrected chi connectivity index (χ1v) is 12.8. The van der Waals surface area contributed by atoms with Crippen LogP contribution in [-0.2, 0) is 24.1 Å². The van der Waals surface area contributed by atoms with Crippen LogP contribution in [0.3, 0.4) is 0 Å². The highest BCUT2D eigenvalue weighted by atomic mass is 19.4. The number of hydrogen-bond acceptors (Lipinski definition) is 5. The lowest BCUT2D eigenvalue weighted by molar-refractivity contribution is -0.137. The Morgan fingerprint density at radius 1 is 1.19 bits per heavy atom. The van der Waals surface area contributed by atoms with E-state index >= 15 is 0 Å². The summed E-state index contributed by atoms with van der Waals surface area (Å²) in [7, 11) is 0. The van der Waals surface area contributed by atoms with Crippen LogP contribution in [0.4, 0.5) is 19.0 Å². The highest BCUT2D eigenvalue weighted by molar-refractivity contribution is 5.99. The van der Waals surface area contributed by atoms with E-state index in [4.69, 9.17) is 10.5 Å². The molecule has 2 N–H and O–H groups in total. The molecule has 2 atom stereocenters. The van der Waals surface area contributed by atoms with Gasteiger partial charge in [0.05, 0.1) is 36.0 Å². The number of anilines is 1. The van der Waals surface area contributed by atoms with Gasteiger partial charge in [-0.1, -0.05) is 19.3 Å². The number of pyridine rings is 2. The third-order valence-electron chi connectivity index (χ3n) is 8.41. The first-order valence-electron chi connectivity index (χ1n) is 12.8. The van der Waals surface area contributed by atoms with Gasteiger partial charge in [-0.05, 0) is 67.5 Å². The van der Waals surface area contributed by atoms with E-state index in [1.807, 2.05) is 17.9 Å². The van der Waals surface area contributed by atoms with Crippen molar-refractivity contribution in [2.24, 2.45) is 5.41 Å². The summed E-state index contributed by atoms with van der Waals surface area (Å²) in [4.78, 5) is 24.4. The predicted octanol–water partition coefficient (Wildman–Crippen LogP) is 6.19. The van der Waals surface area contributed by atoms with E-state index in [9.17, 15) is 18.0 Å². The fourth-order valence-corrected chi connectivity index (χ4v) is 6.31. The number of aromatic nitrogens is 2. The van der Waals surface area contributed by atoms with Crippen molar-refractivity contribution in [1.82, 2.24) is 14.9 Å². The molecule has 194 valence electrons. The number of carbonyl (C=O) groups is 1. The molecule has 1 spiro atoms. The summed E-state index contributed by atoms with van der Waals surface area (Å²) in [6.07, 6.45) is 2.80. The van der Waals surface area contributed by atoms with Gasteiger partial charge in [0, 0.05) is 28.8 Å². The molecular formula is C28H29F3N4O2. The highest BCUT2D eigenvalue weighted by Crippen LogP contribution is 2.59. The zero-order valence-corrected chi connectivity index (χ0v) is 20.6. The Kier molecular flexibility index (Phi) is 5.67. The van der Waals surface area contributed by atoms with Crippen molar-refractivity contribution in [3.05, 3.63) is 64.5 Å². The van der Waals surface area contributed by atoms with Gasteiger partial charge in [-0.25, -0.2) is 4.98 Å². The first-order chi connectivity index (χ1) is 17.7. The number of ether oxygens (including phenoxy) is 1. The lowest BCUT2D eigenvalue weighted by Crippen LogP contribution is -2.36. The molecule has 9 heteroatoms. The van der Waals surface area contributed by atoms with E-state index in [2.05, 4.69) is 9.97 Å². The molecule has 1 amide bonds. The minimum absolute atomic E-state index is 0.0544. The molecule has 0 saturated heterocycles. The molecular weight excluding hydrogens is 481 g/mol. The summed E-state index contributed by atoms with van der Waals surface area (Å²) < 4.78 is 45.0. The summed E-state index contributed by atoms with van der Waals surface area (Å²) in [6.45, 7) is 2.50. The topological polar surface area (TPSA) is 81.3 Å². The maximum absolute atomic E-state index is 14.0. The number of amides is 1. The second-order valence-electron chi connectivity index (χ2n) is 10.7.